The predicted molar refractivity (Wildman–Crippen MR) is 269 cm³/mol. The number of sulfonamides is 1. The third kappa shape index (κ3) is 9.16. The van der Waals surface area contributed by atoms with Crippen molar-refractivity contribution in [2.75, 3.05) is 41.8 Å². The fraction of sp³-hybridized carbons (Fsp3) is 0.509. The monoisotopic (exact) mass is 972 g/mol. The van der Waals surface area contributed by atoms with Crippen LogP contribution in [0.4, 0.5) is 22.9 Å². The number of nitro benzene ring substituents is 1. The third-order valence-corrected chi connectivity index (χ3v) is 17.6. The summed E-state index contributed by atoms with van der Waals surface area (Å²) in [6.45, 7) is 9.35. The zero-order chi connectivity index (χ0) is 48.5. The molecule has 5 N–H and O–H groups in total. The van der Waals surface area contributed by atoms with Gasteiger partial charge in [0.2, 0.25) is 0 Å². The number of nitrogens with one attached hydrogen (secondary N) is 4. The van der Waals surface area contributed by atoms with Crippen molar-refractivity contribution in [1.82, 2.24) is 19.6 Å². The number of aliphatic hydroxyl groups is 1. The van der Waals surface area contributed by atoms with Gasteiger partial charge in [-0.3, -0.25) is 19.8 Å². The Labute approximate surface area is 409 Å². The molecule has 370 valence electrons. The van der Waals surface area contributed by atoms with Crippen molar-refractivity contribution in [2.45, 2.75) is 138 Å². The number of rotatable bonds is 13. The number of amides is 1. The van der Waals surface area contributed by atoms with Crippen molar-refractivity contribution in [3.05, 3.63) is 99.7 Å². The molecule has 11 rings (SSSR count). The number of aromatic amines is 1. The summed E-state index contributed by atoms with van der Waals surface area (Å²) >= 11 is 0. The fourth-order valence-corrected chi connectivity index (χ4v) is 13.1. The van der Waals surface area contributed by atoms with Crippen LogP contribution in [0.3, 0.4) is 0 Å². The van der Waals surface area contributed by atoms with Crippen LogP contribution < -0.4 is 29.7 Å². The quantitative estimate of drug-likeness (QED) is 0.0551. The molecule has 5 aromatic rings. The molecule has 0 unspecified atom stereocenters. The van der Waals surface area contributed by atoms with Gasteiger partial charge in [-0.25, -0.2) is 18.1 Å². The Morgan fingerprint density at radius 1 is 0.971 bits per heavy atom. The van der Waals surface area contributed by atoms with Crippen molar-refractivity contribution < 1.29 is 32.7 Å². The molecule has 70 heavy (non-hydrogen) atoms. The Balaban J connectivity index is 0.833. The van der Waals surface area contributed by atoms with Crippen LogP contribution in [0.5, 0.6) is 17.2 Å². The summed E-state index contributed by atoms with van der Waals surface area (Å²) in [7, 11) is -4.69. The number of carbonyl (C=O) groups excluding carboxylic acids is 1. The average Bonchev–Trinajstić information content (AvgIpc) is 3.81. The molecule has 16 nitrogen and oxygen atoms in total. The lowest BCUT2D eigenvalue weighted by Crippen LogP contribution is -2.54. The summed E-state index contributed by atoms with van der Waals surface area (Å²) in [6, 6.07) is 21.1. The van der Waals surface area contributed by atoms with Crippen LogP contribution in [-0.4, -0.2) is 89.2 Å². The average molecular weight is 973 g/mol. The maximum atomic E-state index is 14.4. The van der Waals surface area contributed by atoms with Gasteiger partial charge < -0.3 is 35.1 Å². The molecular formula is C53H64N8O8S. The Kier molecular flexibility index (Phi) is 12.0. The number of nitro groups is 1. The van der Waals surface area contributed by atoms with Gasteiger partial charge in [0.15, 0.2) is 23.0 Å². The highest BCUT2D eigenvalue weighted by Crippen LogP contribution is 2.54. The van der Waals surface area contributed by atoms with Crippen molar-refractivity contribution >= 4 is 49.8 Å². The Hall–Kier alpha value is -5.91. The van der Waals surface area contributed by atoms with Crippen LogP contribution in [0.25, 0.3) is 11.0 Å². The smallest absolute Gasteiger partial charge is 0.297 e. The minimum atomic E-state index is -4.69. The van der Waals surface area contributed by atoms with Gasteiger partial charge in [-0.05, 0) is 143 Å². The van der Waals surface area contributed by atoms with Gasteiger partial charge in [-0.15, -0.1) is 0 Å². The van der Waals surface area contributed by atoms with Crippen LogP contribution in [0.15, 0.2) is 77.8 Å². The number of hydrogen-bond donors (Lipinski definition) is 5. The first-order valence-corrected chi connectivity index (χ1v) is 26.8. The topological polar surface area (TPSA) is 204 Å². The van der Waals surface area contributed by atoms with E-state index in [-0.39, 0.29) is 52.8 Å². The van der Waals surface area contributed by atoms with Crippen LogP contribution in [0, 0.1) is 21.4 Å². The maximum Gasteiger partial charge on any atom is 0.297 e. The summed E-state index contributed by atoms with van der Waals surface area (Å²) < 4.78 is 43.2. The highest BCUT2D eigenvalue weighted by molar-refractivity contribution is 7.90. The van der Waals surface area contributed by atoms with E-state index in [1.54, 1.807) is 18.3 Å². The molecule has 3 aliphatic carbocycles. The lowest BCUT2D eigenvalue weighted by Gasteiger charge is -2.56. The summed E-state index contributed by atoms with van der Waals surface area (Å²) in [5, 5.41) is 30.5. The van der Waals surface area contributed by atoms with Crippen LogP contribution in [0.1, 0.15) is 131 Å². The van der Waals surface area contributed by atoms with Crippen LogP contribution in [0.2, 0.25) is 0 Å². The van der Waals surface area contributed by atoms with Crippen LogP contribution >= 0.6 is 0 Å². The summed E-state index contributed by atoms with van der Waals surface area (Å²) in [5.74, 6) is 0.665. The van der Waals surface area contributed by atoms with Gasteiger partial charge in [0.05, 0.1) is 27.0 Å². The highest BCUT2D eigenvalue weighted by atomic mass is 32.2. The largest absolute Gasteiger partial charge is 0.489 e. The number of piperidine rings is 1. The van der Waals surface area contributed by atoms with E-state index >= 15 is 0 Å². The standard InChI is InChI=1S/C53H64N8O8S/c1-32(2)39-7-4-5-8-40(39)43-9-6-22-60(43)37-29-53(30-37)19-23-59(24-20-53)36-12-13-41(45(26-36)69-47-25-34-16-21-54-49(34)57-50(47)55-35-10-11-35)51(62)58-70(66,67)38-27-44(61(64)65)48-46(28-38)68-31-42(56-48)33-14-17-52(3,63)18-15-33/h4-5,7-8,12-13,16,21,25-28,32-33,35,37,42-43,56,63H,6,9-11,14-15,17-20,22-24,29-31H2,1-3H3,(H,58,62)(H2,54,55,57)/t33-,42-,43+,52-/m1/s1. The van der Waals surface area contributed by atoms with Gasteiger partial charge in [-0.1, -0.05) is 38.1 Å². The number of hydrogen-bond acceptors (Lipinski definition) is 13. The first kappa shape index (κ1) is 46.5. The molecule has 17 heteroatoms. The number of benzene rings is 3. The van der Waals surface area contributed by atoms with Crippen LogP contribution in [-0.2, 0) is 10.0 Å². The Morgan fingerprint density at radius 3 is 2.49 bits per heavy atom. The molecule has 3 aliphatic heterocycles. The van der Waals surface area contributed by atoms with Gasteiger partial charge in [-0.2, -0.15) is 0 Å². The first-order chi connectivity index (χ1) is 33.6. The molecule has 5 heterocycles. The fourth-order valence-electron chi connectivity index (χ4n) is 12.1. The van der Waals surface area contributed by atoms with Crippen molar-refractivity contribution in [1.29, 1.82) is 0 Å². The third-order valence-electron chi connectivity index (χ3n) is 16.3. The number of fused-ring (bicyclic) bond motifs is 2. The zero-order valence-electron chi connectivity index (χ0n) is 40.2. The van der Waals surface area contributed by atoms with E-state index in [0.29, 0.717) is 60.9 Å². The predicted octanol–water partition coefficient (Wildman–Crippen LogP) is 9.78. The second-order valence-electron chi connectivity index (χ2n) is 21.6. The molecule has 1 spiro atoms. The van der Waals surface area contributed by atoms with E-state index in [9.17, 15) is 28.4 Å². The number of anilines is 3. The Bertz CT molecular complexity index is 2930. The van der Waals surface area contributed by atoms with Gasteiger partial charge in [0.25, 0.3) is 21.6 Å². The van der Waals surface area contributed by atoms with Crippen molar-refractivity contribution in [3.63, 3.8) is 0 Å². The van der Waals surface area contributed by atoms with E-state index in [1.165, 1.54) is 42.9 Å². The molecular weight excluding hydrogens is 909 g/mol. The first-order valence-electron chi connectivity index (χ1n) is 25.3. The number of aromatic nitrogens is 2. The number of pyridine rings is 1. The lowest BCUT2D eigenvalue weighted by atomic mass is 9.59. The normalized spacial score (nSPS) is 24.7. The highest BCUT2D eigenvalue weighted by Gasteiger charge is 2.50. The minimum absolute atomic E-state index is 0.00572. The summed E-state index contributed by atoms with van der Waals surface area (Å²) in [5.41, 5.74) is 3.58. The van der Waals surface area contributed by atoms with Crippen molar-refractivity contribution in [3.8, 4) is 17.2 Å². The molecule has 3 aromatic carbocycles. The van der Waals surface area contributed by atoms with Gasteiger partial charge in [0, 0.05) is 66.7 Å². The summed E-state index contributed by atoms with van der Waals surface area (Å²) in [4.78, 5) is 38.8. The SMILES string of the molecule is CC(C)c1ccccc1[C@@H]1CCCN1C1CC2(CCN(c3ccc(C(=O)NS(=O)(=O)c4cc5c(c([N+](=O)[O-])c4)N[C@@H]([C@H]4CC[C@](C)(O)CC4)CO5)c(Oc4cc5cc[nH]c5nc4NC4CC4)c3)CC2)C1. The van der Waals surface area contributed by atoms with Gasteiger partial charge >= 0.3 is 0 Å². The second-order valence-corrected chi connectivity index (χ2v) is 23.3. The number of nitrogens with zero attached hydrogens (tertiary/aromatic N) is 4. The maximum absolute atomic E-state index is 14.4. The molecule has 1 amide bonds. The van der Waals surface area contributed by atoms with E-state index in [4.69, 9.17) is 14.5 Å². The molecule has 6 aliphatic rings. The molecule has 5 fully saturated rings. The van der Waals surface area contributed by atoms with E-state index in [2.05, 4.69) is 68.3 Å². The molecule has 2 saturated heterocycles. The zero-order valence-corrected chi connectivity index (χ0v) is 41.0. The number of likely N-dealkylation sites (tertiary alicyclic amines) is 1. The molecule has 3 saturated carbocycles. The minimum Gasteiger partial charge on any atom is -0.489 e. The van der Waals surface area contributed by atoms with E-state index in [0.717, 1.165) is 62.5 Å². The van der Waals surface area contributed by atoms with Gasteiger partial charge in [0.1, 0.15) is 18.0 Å². The molecule has 0 radical (unpaired) electrons. The second kappa shape index (κ2) is 18.0. The summed E-state index contributed by atoms with van der Waals surface area (Å²) in [6.07, 6.45) is 13.3. The Morgan fingerprint density at radius 2 is 1.74 bits per heavy atom. The number of carbonyl (C=O) groups is 1. The number of H-pyrrole nitrogens is 1. The molecule has 2 aromatic heterocycles. The number of ether oxygens (including phenoxy) is 2. The molecule has 0 bridgehead atoms. The molecule has 2 atom stereocenters. The van der Waals surface area contributed by atoms with Crippen molar-refractivity contribution in [2.24, 2.45) is 11.3 Å². The lowest BCUT2D eigenvalue weighted by molar-refractivity contribution is -0.384. The van der Waals surface area contributed by atoms with E-state index < -0.39 is 37.0 Å². The van der Waals surface area contributed by atoms with E-state index in [1.807, 2.05) is 25.1 Å².